The molecule has 0 radical (unpaired) electrons. The fourth-order valence-electron chi connectivity index (χ4n) is 4.40. The molecule has 0 amide bonds. The molecule has 0 saturated carbocycles. The zero-order chi connectivity index (χ0) is 23.1. The van der Waals surface area contributed by atoms with E-state index in [0.29, 0.717) is 23.0 Å². The fraction of sp³-hybridized carbons (Fsp3) is 0.250. The van der Waals surface area contributed by atoms with Gasteiger partial charge in [0.1, 0.15) is 5.82 Å². The number of pyridine rings is 1. The number of β-amino-alcohol motifs (C(OH)–C–C–N with tert-alkyl or cyclic N) is 1. The number of anilines is 1. The van der Waals surface area contributed by atoms with E-state index in [9.17, 15) is 19.4 Å². The van der Waals surface area contributed by atoms with Gasteiger partial charge in [-0.2, -0.15) is 5.10 Å². The Kier molecular flexibility index (Phi) is 5.77. The van der Waals surface area contributed by atoms with Crippen molar-refractivity contribution in [2.24, 2.45) is 0 Å². The highest BCUT2D eigenvalue weighted by atomic mass is 79.9. The molecule has 0 bridgehead atoms. The summed E-state index contributed by atoms with van der Waals surface area (Å²) in [6.45, 7) is 0.931. The number of nitrogens with zero attached hydrogens (tertiary/aromatic N) is 3. The third kappa shape index (κ3) is 4.19. The highest BCUT2D eigenvalue weighted by Crippen LogP contribution is 2.31. The van der Waals surface area contributed by atoms with E-state index < -0.39 is 11.9 Å². The lowest BCUT2D eigenvalue weighted by molar-refractivity contribution is 0.198. The normalized spacial score (nSPS) is 17.1. The number of aliphatic hydroxyl groups is 2. The van der Waals surface area contributed by atoms with Crippen molar-refractivity contribution in [3.63, 3.8) is 0 Å². The van der Waals surface area contributed by atoms with E-state index in [1.54, 1.807) is 18.3 Å². The number of fused-ring (bicyclic) bond motifs is 1. The zero-order valence-electron chi connectivity index (χ0n) is 17.6. The van der Waals surface area contributed by atoms with Crippen molar-refractivity contribution in [1.29, 1.82) is 0 Å². The molecule has 3 heterocycles. The van der Waals surface area contributed by atoms with Gasteiger partial charge in [0.15, 0.2) is 5.82 Å². The largest absolute Gasteiger partial charge is 0.394 e. The minimum atomic E-state index is -0.705. The van der Waals surface area contributed by atoms with Crippen LogP contribution in [0.3, 0.4) is 0 Å². The lowest BCUT2D eigenvalue weighted by atomic mass is 10.0. The average Bonchev–Trinajstić information content (AvgIpc) is 3.40. The topological polar surface area (TPSA) is 94.4 Å². The summed E-state index contributed by atoms with van der Waals surface area (Å²) in [5.41, 5.74) is 2.64. The number of H-pyrrole nitrogens is 1. The molecule has 170 valence electrons. The van der Waals surface area contributed by atoms with Crippen LogP contribution in [-0.4, -0.2) is 50.8 Å². The third-order valence-electron chi connectivity index (χ3n) is 6.07. The van der Waals surface area contributed by atoms with Crippen LogP contribution in [0.4, 0.5) is 10.2 Å². The molecule has 1 saturated heterocycles. The Balaban J connectivity index is 1.50. The van der Waals surface area contributed by atoms with Crippen LogP contribution in [0.2, 0.25) is 0 Å². The maximum atomic E-state index is 13.9. The number of nitrogens with one attached hydrogen (secondary N) is 1. The van der Waals surface area contributed by atoms with Crippen LogP contribution >= 0.6 is 15.9 Å². The Labute approximate surface area is 197 Å². The van der Waals surface area contributed by atoms with Crippen molar-refractivity contribution >= 4 is 32.7 Å². The van der Waals surface area contributed by atoms with Gasteiger partial charge in [0, 0.05) is 35.2 Å². The van der Waals surface area contributed by atoms with Crippen LogP contribution in [0, 0.1) is 5.82 Å². The summed E-state index contributed by atoms with van der Waals surface area (Å²) in [4.78, 5) is 15.0. The van der Waals surface area contributed by atoms with Gasteiger partial charge in [-0.1, -0.05) is 22.0 Å². The van der Waals surface area contributed by atoms with Crippen LogP contribution in [0.25, 0.3) is 22.0 Å². The molecule has 0 spiro atoms. The van der Waals surface area contributed by atoms with Crippen LogP contribution in [0.15, 0.2) is 64.0 Å². The molecule has 2 atom stereocenters. The van der Waals surface area contributed by atoms with Gasteiger partial charge in [-0.05, 0) is 59.5 Å². The SMILES string of the molecule is O=c1cc(-c2ccc3[nH]nc(N4CCC(O)C4)c3c2)ccn1C(CO)c1cc(F)cc(Br)c1. The monoisotopic (exact) mass is 512 g/mol. The number of aromatic nitrogens is 3. The second-order valence-electron chi connectivity index (χ2n) is 8.26. The van der Waals surface area contributed by atoms with Crippen molar-refractivity contribution in [2.45, 2.75) is 18.6 Å². The number of benzene rings is 2. The van der Waals surface area contributed by atoms with Crippen molar-refractivity contribution in [3.05, 3.63) is 80.9 Å². The first kappa shape index (κ1) is 21.8. The van der Waals surface area contributed by atoms with Gasteiger partial charge in [0.2, 0.25) is 0 Å². The predicted octanol–water partition coefficient (Wildman–Crippen LogP) is 3.45. The summed E-state index contributed by atoms with van der Waals surface area (Å²) in [7, 11) is 0. The number of rotatable bonds is 5. The number of aliphatic hydroxyl groups excluding tert-OH is 2. The van der Waals surface area contributed by atoms with Gasteiger partial charge in [-0.3, -0.25) is 9.89 Å². The Morgan fingerprint density at radius 3 is 2.70 bits per heavy atom. The van der Waals surface area contributed by atoms with E-state index in [-0.39, 0.29) is 18.3 Å². The summed E-state index contributed by atoms with van der Waals surface area (Å²) in [6, 6.07) is 12.7. The zero-order valence-corrected chi connectivity index (χ0v) is 19.2. The molecular weight excluding hydrogens is 491 g/mol. The molecule has 2 unspecified atom stereocenters. The molecule has 2 aromatic heterocycles. The van der Waals surface area contributed by atoms with Crippen LogP contribution in [-0.2, 0) is 0 Å². The highest BCUT2D eigenvalue weighted by molar-refractivity contribution is 9.10. The smallest absolute Gasteiger partial charge is 0.251 e. The van der Waals surface area contributed by atoms with E-state index in [1.165, 1.54) is 22.8 Å². The van der Waals surface area contributed by atoms with E-state index in [4.69, 9.17) is 0 Å². The van der Waals surface area contributed by atoms with Crippen LogP contribution in [0.5, 0.6) is 0 Å². The average molecular weight is 513 g/mol. The summed E-state index contributed by atoms with van der Waals surface area (Å²) in [6.07, 6.45) is 1.97. The first-order valence-electron chi connectivity index (χ1n) is 10.6. The van der Waals surface area contributed by atoms with Crippen molar-refractivity contribution < 1.29 is 14.6 Å². The van der Waals surface area contributed by atoms with E-state index in [2.05, 4.69) is 26.1 Å². The van der Waals surface area contributed by atoms with Gasteiger partial charge in [0.25, 0.3) is 5.56 Å². The number of hydrogen-bond donors (Lipinski definition) is 3. The minimum absolute atomic E-state index is 0.304. The molecule has 9 heteroatoms. The number of halogens is 2. The maximum absolute atomic E-state index is 13.9. The van der Waals surface area contributed by atoms with Crippen LogP contribution in [0.1, 0.15) is 18.0 Å². The molecular formula is C24H22BrFN4O3. The molecule has 3 N–H and O–H groups in total. The molecule has 4 aromatic rings. The second kappa shape index (κ2) is 8.74. The summed E-state index contributed by atoms with van der Waals surface area (Å²) >= 11 is 3.26. The second-order valence-corrected chi connectivity index (χ2v) is 9.17. The first-order chi connectivity index (χ1) is 15.9. The Morgan fingerprint density at radius 1 is 1.18 bits per heavy atom. The molecule has 1 aliphatic heterocycles. The highest BCUT2D eigenvalue weighted by Gasteiger charge is 2.24. The van der Waals surface area contributed by atoms with Crippen molar-refractivity contribution in [3.8, 4) is 11.1 Å². The van der Waals surface area contributed by atoms with Gasteiger partial charge >= 0.3 is 0 Å². The molecule has 2 aromatic carbocycles. The van der Waals surface area contributed by atoms with Gasteiger partial charge in [-0.15, -0.1) is 0 Å². The van der Waals surface area contributed by atoms with Crippen molar-refractivity contribution in [2.75, 3.05) is 24.6 Å². The quantitative estimate of drug-likeness (QED) is 0.380. The van der Waals surface area contributed by atoms with Gasteiger partial charge < -0.3 is 19.7 Å². The molecule has 1 fully saturated rings. The van der Waals surface area contributed by atoms with E-state index >= 15 is 0 Å². The molecule has 7 nitrogen and oxygen atoms in total. The molecule has 33 heavy (non-hydrogen) atoms. The molecule has 0 aliphatic carbocycles. The Bertz CT molecular complexity index is 1370. The maximum Gasteiger partial charge on any atom is 0.251 e. The van der Waals surface area contributed by atoms with Crippen molar-refractivity contribution in [1.82, 2.24) is 14.8 Å². The lowest BCUT2D eigenvalue weighted by Crippen LogP contribution is -2.27. The third-order valence-corrected chi connectivity index (χ3v) is 6.52. The fourth-order valence-corrected chi connectivity index (χ4v) is 4.89. The number of aromatic amines is 1. The van der Waals surface area contributed by atoms with Crippen LogP contribution < -0.4 is 10.5 Å². The Morgan fingerprint density at radius 2 is 2.00 bits per heavy atom. The Hall–Kier alpha value is -3.01. The predicted molar refractivity (Wildman–Crippen MR) is 128 cm³/mol. The molecule has 1 aliphatic rings. The lowest BCUT2D eigenvalue weighted by Gasteiger charge is -2.19. The molecule has 5 rings (SSSR count). The van der Waals surface area contributed by atoms with Gasteiger partial charge in [-0.25, -0.2) is 4.39 Å². The summed E-state index contributed by atoms with van der Waals surface area (Å²) in [5.74, 6) is 0.339. The van der Waals surface area contributed by atoms with Gasteiger partial charge in [0.05, 0.1) is 24.3 Å². The van der Waals surface area contributed by atoms with E-state index in [0.717, 1.165) is 34.4 Å². The minimum Gasteiger partial charge on any atom is -0.394 e. The summed E-state index contributed by atoms with van der Waals surface area (Å²) in [5, 5.41) is 28.2. The first-order valence-corrected chi connectivity index (χ1v) is 11.4. The van der Waals surface area contributed by atoms with E-state index in [1.807, 2.05) is 23.1 Å². The summed E-state index contributed by atoms with van der Waals surface area (Å²) < 4.78 is 15.8. The standard InChI is InChI=1S/C24H22BrFN4O3/c25-17-7-16(8-18(26)11-17)22(13-31)30-6-3-15(10-23(30)33)14-1-2-21-20(9-14)24(28-27-21)29-5-4-19(32)12-29/h1-3,6-11,19,22,31-32H,4-5,12-13H2,(H,27,28). The number of hydrogen-bond acceptors (Lipinski definition) is 5.